The number of benzene rings is 2. The lowest BCUT2D eigenvalue weighted by atomic mass is 10.2. The smallest absolute Gasteiger partial charge is 0.322 e. The van der Waals surface area contributed by atoms with E-state index in [-0.39, 0.29) is 28.4 Å². The summed E-state index contributed by atoms with van der Waals surface area (Å²) in [4.78, 5) is 12.2. The molecule has 0 aliphatic rings. The molecule has 0 saturated carbocycles. The number of carbonyl (C=O) groups is 1. The number of rotatable bonds is 7. The summed E-state index contributed by atoms with van der Waals surface area (Å²) in [7, 11) is -0.652. The zero-order valence-electron chi connectivity index (χ0n) is 15.8. The summed E-state index contributed by atoms with van der Waals surface area (Å²) in [5, 5.41) is 10.7. The van der Waals surface area contributed by atoms with Gasteiger partial charge in [-0.2, -0.15) is 0 Å². The molecular formula is C18H16Cl2N4O5S. The third-order valence-corrected chi connectivity index (χ3v) is 6.16. The fourth-order valence-corrected chi connectivity index (χ4v) is 3.63. The van der Waals surface area contributed by atoms with Crippen LogP contribution in [-0.4, -0.2) is 49.5 Å². The molecule has 0 atom stereocenters. The van der Waals surface area contributed by atoms with E-state index in [9.17, 15) is 13.2 Å². The van der Waals surface area contributed by atoms with Crippen molar-refractivity contribution >= 4 is 45.1 Å². The van der Waals surface area contributed by atoms with Crippen LogP contribution in [0.3, 0.4) is 0 Å². The highest BCUT2D eigenvalue weighted by Gasteiger charge is 2.18. The topological polar surface area (TPSA) is 115 Å². The number of halogens is 2. The first-order chi connectivity index (χ1) is 14.2. The predicted molar refractivity (Wildman–Crippen MR) is 111 cm³/mol. The zero-order valence-corrected chi connectivity index (χ0v) is 18.1. The molecule has 12 heteroatoms. The van der Waals surface area contributed by atoms with E-state index in [0.29, 0.717) is 16.3 Å². The number of amides is 1. The molecular weight excluding hydrogens is 455 g/mol. The molecule has 3 rings (SSSR count). The maximum atomic E-state index is 12.1. The molecule has 0 radical (unpaired) electrons. The van der Waals surface area contributed by atoms with Crippen LogP contribution in [0, 0.1) is 0 Å². The molecule has 3 aromatic rings. The van der Waals surface area contributed by atoms with Gasteiger partial charge in [-0.1, -0.05) is 28.3 Å². The van der Waals surface area contributed by atoms with Gasteiger partial charge in [-0.3, -0.25) is 10.1 Å². The number of nitrogens with one attached hydrogen (secondary N) is 1. The van der Waals surface area contributed by atoms with Crippen LogP contribution >= 0.6 is 23.2 Å². The van der Waals surface area contributed by atoms with Gasteiger partial charge in [-0.05, 0) is 42.5 Å². The first-order valence-electron chi connectivity index (χ1n) is 8.41. The van der Waals surface area contributed by atoms with Crippen molar-refractivity contribution in [3.63, 3.8) is 0 Å². The molecule has 0 bridgehead atoms. The minimum atomic E-state index is -3.54. The van der Waals surface area contributed by atoms with Crippen molar-refractivity contribution in [1.82, 2.24) is 14.5 Å². The van der Waals surface area contributed by atoms with Gasteiger partial charge in [-0.25, -0.2) is 12.7 Å². The largest absolute Gasteiger partial charge is 0.482 e. The Hall–Kier alpha value is -2.66. The predicted octanol–water partition coefficient (Wildman–Crippen LogP) is 3.31. The van der Waals surface area contributed by atoms with Crippen LogP contribution in [0.5, 0.6) is 5.75 Å². The summed E-state index contributed by atoms with van der Waals surface area (Å²) in [5.41, 5.74) is 0.491. The van der Waals surface area contributed by atoms with E-state index in [2.05, 4.69) is 15.5 Å². The van der Waals surface area contributed by atoms with Crippen LogP contribution in [0.1, 0.15) is 0 Å². The maximum absolute atomic E-state index is 12.1. The minimum absolute atomic E-state index is 0.112. The Morgan fingerprint density at radius 3 is 2.47 bits per heavy atom. The van der Waals surface area contributed by atoms with Crippen LogP contribution < -0.4 is 10.1 Å². The average Bonchev–Trinajstić information content (AvgIpc) is 3.15. The number of carbonyl (C=O) groups excluding carboxylic acids is 1. The molecule has 1 heterocycles. The average molecular weight is 471 g/mol. The second-order valence-electron chi connectivity index (χ2n) is 6.14. The molecule has 9 nitrogen and oxygen atoms in total. The van der Waals surface area contributed by atoms with E-state index in [1.165, 1.54) is 44.4 Å². The summed E-state index contributed by atoms with van der Waals surface area (Å²) in [6, 6.07) is 10.4. The van der Waals surface area contributed by atoms with Crippen LogP contribution in [0.4, 0.5) is 6.01 Å². The summed E-state index contributed by atoms with van der Waals surface area (Å²) in [5.74, 6) is -0.125. The molecule has 0 fully saturated rings. The van der Waals surface area contributed by atoms with Crippen LogP contribution in [0.2, 0.25) is 10.0 Å². The van der Waals surface area contributed by atoms with E-state index in [1.807, 2.05) is 0 Å². The number of anilines is 1. The molecule has 158 valence electrons. The number of hydrogen-bond donors (Lipinski definition) is 1. The quantitative estimate of drug-likeness (QED) is 0.562. The number of sulfonamides is 1. The lowest BCUT2D eigenvalue weighted by Gasteiger charge is -2.11. The summed E-state index contributed by atoms with van der Waals surface area (Å²) < 4.78 is 36.0. The molecule has 2 aromatic carbocycles. The number of hydrogen-bond acceptors (Lipinski definition) is 7. The second-order valence-corrected chi connectivity index (χ2v) is 9.13. The number of aromatic nitrogens is 2. The first-order valence-corrected chi connectivity index (χ1v) is 10.6. The molecule has 1 aromatic heterocycles. The molecule has 1 amide bonds. The van der Waals surface area contributed by atoms with Gasteiger partial charge in [0.2, 0.25) is 15.9 Å². The highest BCUT2D eigenvalue weighted by molar-refractivity contribution is 7.89. The molecule has 0 spiro atoms. The number of ether oxygens (including phenoxy) is 1. The van der Waals surface area contributed by atoms with Crippen LogP contribution in [0.15, 0.2) is 51.8 Å². The van der Waals surface area contributed by atoms with E-state index >= 15 is 0 Å². The number of nitrogens with zero attached hydrogens (tertiary/aromatic N) is 3. The Bertz CT molecular complexity index is 1160. The van der Waals surface area contributed by atoms with Crippen molar-refractivity contribution in [3.8, 4) is 17.2 Å². The van der Waals surface area contributed by atoms with Gasteiger partial charge in [0.1, 0.15) is 5.75 Å². The van der Waals surface area contributed by atoms with E-state index < -0.39 is 15.9 Å². The van der Waals surface area contributed by atoms with Gasteiger partial charge in [0.25, 0.3) is 5.91 Å². The van der Waals surface area contributed by atoms with Crippen molar-refractivity contribution in [3.05, 3.63) is 52.5 Å². The lowest BCUT2D eigenvalue weighted by molar-refractivity contribution is -0.118. The Labute approximate surface area is 182 Å². The van der Waals surface area contributed by atoms with E-state index in [1.54, 1.807) is 12.1 Å². The molecule has 0 aliphatic heterocycles. The van der Waals surface area contributed by atoms with Gasteiger partial charge < -0.3 is 9.15 Å². The second kappa shape index (κ2) is 9.00. The Morgan fingerprint density at radius 1 is 1.13 bits per heavy atom. The van der Waals surface area contributed by atoms with Crippen molar-refractivity contribution in [2.45, 2.75) is 4.90 Å². The molecule has 30 heavy (non-hydrogen) atoms. The van der Waals surface area contributed by atoms with Gasteiger partial charge >= 0.3 is 6.01 Å². The van der Waals surface area contributed by atoms with Crippen molar-refractivity contribution < 1.29 is 22.4 Å². The third kappa shape index (κ3) is 5.08. The van der Waals surface area contributed by atoms with Gasteiger partial charge in [0.05, 0.1) is 9.92 Å². The van der Waals surface area contributed by atoms with Crippen LogP contribution in [-0.2, 0) is 14.8 Å². The lowest BCUT2D eigenvalue weighted by Crippen LogP contribution is -2.22. The van der Waals surface area contributed by atoms with Gasteiger partial charge in [-0.15, -0.1) is 5.10 Å². The summed E-state index contributed by atoms with van der Waals surface area (Å²) in [6.45, 7) is -0.337. The third-order valence-electron chi connectivity index (χ3n) is 3.80. The molecule has 1 N–H and O–H groups in total. The Morgan fingerprint density at radius 2 is 1.83 bits per heavy atom. The van der Waals surface area contributed by atoms with E-state index in [0.717, 1.165) is 4.31 Å². The van der Waals surface area contributed by atoms with Crippen LogP contribution in [0.25, 0.3) is 11.5 Å². The van der Waals surface area contributed by atoms with Crippen molar-refractivity contribution in [1.29, 1.82) is 0 Å². The van der Waals surface area contributed by atoms with Gasteiger partial charge in [0, 0.05) is 24.7 Å². The minimum Gasteiger partial charge on any atom is -0.482 e. The first kappa shape index (κ1) is 22.0. The van der Waals surface area contributed by atoms with E-state index in [4.69, 9.17) is 32.4 Å². The maximum Gasteiger partial charge on any atom is 0.322 e. The highest BCUT2D eigenvalue weighted by Crippen LogP contribution is 2.27. The normalized spacial score (nSPS) is 11.5. The fourth-order valence-electron chi connectivity index (χ4n) is 2.26. The highest BCUT2D eigenvalue weighted by atomic mass is 35.5. The fraction of sp³-hybridized carbons (Fsp3) is 0.167. The Kier molecular flexibility index (Phi) is 6.61. The monoisotopic (exact) mass is 470 g/mol. The van der Waals surface area contributed by atoms with Gasteiger partial charge in [0.15, 0.2) is 6.61 Å². The zero-order chi connectivity index (χ0) is 21.9. The van der Waals surface area contributed by atoms with Crippen molar-refractivity contribution in [2.24, 2.45) is 0 Å². The Balaban J connectivity index is 1.62. The molecule has 0 unspecified atom stereocenters. The van der Waals surface area contributed by atoms with Crippen molar-refractivity contribution in [2.75, 3.05) is 26.0 Å². The molecule has 0 saturated heterocycles. The summed E-state index contributed by atoms with van der Waals surface area (Å²) in [6.07, 6.45) is 0. The molecule has 0 aliphatic carbocycles. The SMILES string of the molecule is CN(C)S(=O)(=O)c1ccc(-c2nnc(NC(=O)COc3ccc(Cl)cc3Cl)o2)cc1. The summed E-state index contributed by atoms with van der Waals surface area (Å²) >= 11 is 11.8. The standard InChI is InChI=1S/C18H16Cl2N4O5S/c1-24(2)30(26,27)13-6-3-11(4-7-13)17-22-23-18(29-17)21-16(25)10-28-15-8-5-12(19)9-14(15)20/h3-9H,10H2,1-2H3,(H,21,23,25).